The molecule has 1 saturated carbocycles. The first-order valence-electron chi connectivity index (χ1n) is 9.40. The summed E-state index contributed by atoms with van der Waals surface area (Å²) >= 11 is 1.64. The van der Waals surface area contributed by atoms with E-state index in [9.17, 15) is 5.11 Å². The van der Waals surface area contributed by atoms with E-state index in [1.54, 1.807) is 18.4 Å². The van der Waals surface area contributed by atoms with Crippen molar-refractivity contribution in [3.05, 3.63) is 71.1 Å². The van der Waals surface area contributed by atoms with Gasteiger partial charge in [-0.1, -0.05) is 48.5 Å². The number of hydrogen-bond donors (Lipinski definition) is 3. The zero-order valence-corrected chi connectivity index (χ0v) is 19.0. The quantitative estimate of drug-likeness (QED) is 0.261. The van der Waals surface area contributed by atoms with E-state index in [0.717, 1.165) is 17.4 Å². The molecule has 1 heterocycles. The number of thiophene rings is 1. The van der Waals surface area contributed by atoms with Crippen LogP contribution in [-0.4, -0.2) is 31.2 Å². The Kier molecular flexibility index (Phi) is 7.31. The Morgan fingerprint density at radius 1 is 1.14 bits per heavy atom. The summed E-state index contributed by atoms with van der Waals surface area (Å²) in [6.45, 7) is 1.34. The van der Waals surface area contributed by atoms with Gasteiger partial charge in [0.15, 0.2) is 5.96 Å². The fraction of sp³-hybridized carbons (Fsp3) is 0.318. The summed E-state index contributed by atoms with van der Waals surface area (Å²) in [6, 6.07) is 21.0. The molecule has 1 aliphatic rings. The van der Waals surface area contributed by atoms with Crippen LogP contribution >= 0.6 is 35.3 Å². The molecule has 148 valence electrons. The number of hydrogen-bond acceptors (Lipinski definition) is 3. The van der Waals surface area contributed by atoms with Crippen LogP contribution in [0, 0.1) is 5.92 Å². The molecule has 6 heteroatoms. The van der Waals surface area contributed by atoms with Crippen LogP contribution in [0.5, 0.6) is 0 Å². The fourth-order valence-corrected chi connectivity index (χ4v) is 4.54. The van der Waals surface area contributed by atoms with Crippen LogP contribution < -0.4 is 10.6 Å². The molecule has 3 N–H and O–H groups in total. The van der Waals surface area contributed by atoms with Crippen LogP contribution in [0.3, 0.4) is 0 Å². The minimum atomic E-state index is -0.543. The molecule has 1 fully saturated rings. The first-order valence-corrected chi connectivity index (χ1v) is 10.2. The van der Waals surface area contributed by atoms with Gasteiger partial charge >= 0.3 is 0 Å². The molecular formula is C22H26IN3OS. The zero-order chi connectivity index (χ0) is 18.6. The average molecular weight is 507 g/mol. The van der Waals surface area contributed by atoms with Gasteiger partial charge in [0, 0.05) is 29.7 Å². The van der Waals surface area contributed by atoms with Crippen LogP contribution in [0.15, 0.2) is 65.7 Å². The fourth-order valence-electron chi connectivity index (χ4n) is 3.49. The summed E-state index contributed by atoms with van der Waals surface area (Å²) in [5, 5.41) is 18.3. The Morgan fingerprint density at radius 3 is 2.64 bits per heavy atom. The number of benzene rings is 2. The molecule has 1 aliphatic carbocycles. The smallest absolute Gasteiger partial charge is 0.191 e. The van der Waals surface area contributed by atoms with Crippen molar-refractivity contribution in [2.24, 2.45) is 10.9 Å². The third-order valence-corrected chi connectivity index (χ3v) is 6.36. The van der Waals surface area contributed by atoms with Gasteiger partial charge in [0.2, 0.25) is 0 Å². The Bertz CT molecular complexity index is 895. The molecule has 0 spiro atoms. The topological polar surface area (TPSA) is 56.7 Å². The lowest BCUT2D eigenvalue weighted by Crippen LogP contribution is -2.40. The molecule has 0 aliphatic heterocycles. The van der Waals surface area contributed by atoms with Crippen LogP contribution in [0.2, 0.25) is 0 Å². The second-order valence-electron chi connectivity index (χ2n) is 7.05. The highest BCUT2D eigenvalue weighted by molar-refractivity contribution is 14.0. The summed E-state index contributed by atoms with van der Waals surface area (Å²) in [6.07, 6.45) is 0.678. The van der Waals surface area contributed by atoms with Crippen molar-refractivity contribution in [2.75, 3.05) is 20.1 Å². The third-order valence-electron chi connectivity index (χ3n) is 5.14. The molecule has 1 aromatic heterocycles. The van der Waals surface area contributed by atoms with E-state index >= 15 is 0 Å². The minimum Gasteiger partial charge on any atom is -0.386 e. The highest BCUT2D eigenvalue weighted by atomic mass is 127. The van der Waals surface area contributed by atoms with Gasteiger partial charge < -0.3 is 15.7 Å². The maximum absolute atomic E-state index is 10.5. The van der Waals surface area contributed by atoms with Crippen molar-refractivity contribution in [3.63, 3.8) is 0 Å². The van der Waals surface area contributed by atoms with E-state index in [2.05, 4.69) is 64.2 Å². The van der Waals surface area contributed by atoms with Gasteiger partial charge in [-0.05, 0) is 41.3 Å². The summed E-state index contributed by atoms with van der Waals surface area (Å²) in [5.41, 5.74) is 1.42. The Labute approximate surface area is 187 Å². The van der Waals surface area contributed by atoms with Gasteiger partial charge in [0.05, 0.1) is 0 Å². The molecule has 4 rings (SSSR count). The molecule has 0 radical (unpaired) electrons. The first-order chi connectivity index (χ1) is 13.2. The molecule has 3 aromatic rings. The molecule has 3 atom stereocenters. The van der Waals surface area contributed by atoms with Gasteiger partial charge in [0.25, 0.3) is 0 Å². The van der Waals surface area contributed by atoms with Gasteiger partial charge in [-0.25, -0.2) is 0 Å². The molecule has 28 heavy (non-hydrogen) atoms. The SMILES string of the molecule is CN=C(NCC(O)c1cc2ccccc2s1)NCC1CC1c1ccccc1.I. The van der Waals surface area contributed by atoms with Crippen molar-refractivity contribution in [3.8, 4) is 0 Å². The lowest BCUT2D eigenvalue weighted by molar-refractivity contribution is 0.184. The summed E-state index contributed by atoms with van der Waals surface area (Å²) in [4.78, 5) is 5.26. The number of halogens is 1. The van der Waals surface area contributed by atoms with Crippen molar-refractivity contribution in [1.29, 1.82) is 0 Å². The number of guanidine groups is 1. The monoisotopic (exact) mass is 507 g/mol. The van der Waals surface area contributed by atoms with E-state index in [-0.39, 0.29) is 24.0 Å². The van der Waals surface area contributed by atoms with E-state index in [0.29, 0.717) is 18.4 Å². The maximum atomic E-state index is 10.5. The zero-order valence-electron chi connectivity index (χ0n) is 15.8. The van der Waals surface area contributed by atoms with E-state index < -0.39 is 6.10 Å². The van der Waals surface area contributed by atoms with E-state index in [4.69, 9.17) is 0 Å². The van der Waals surface area contributed by atoms with E-state index in [1.165, 1.54) is 22.1 Å². The summed E-state index contributed by atoms with van der Waals surface area (Å²) < 4.78 is 1.20. The van der Waals surface area contributed by atoms with Crippen LogP contribution in [0.1, 0.15) is 28.9 Å². The van der Waals surface area contributed by atoms with Gasteiger partial charge in [-0.15, -0.1) is 35.3 Å². The highest BCUT2D eigenvalue weighted by Crippen LogP contribution is 2.46. The number of aliphatic hydroxyl groups is 1. The number of rotatable bonds is 6. The lowest BCUT2D eigenvalue weighted by atomic mass is 10.1. The number of aliphatic hydroxyl groups excluding tert-OH is 1. The number of nitrogens with zero attached hydrogens (tertiary/aromatic N) is 1. The van der Waals surface area contributed by atoms with Gasteiger partial charge in [-0.2, -0.15) is 0 Å². The van der Waals surface area contributed by atoms with E-state index in [1.807, 2.05) is 12.1 Å². The second kappa shape index (κ2) is 9.71. The van der Waals surface area contributed by atoms with Gasteiger partial charge in [0.1, 0.15) is 6.10 Å². The van der Waals surface area contributed by atoms with Crippen molar-refractivity contribution < 1.29 is 5.11 Å². The number of fused-ring (bicyclic) bond motifs is 1. The second-order valence-corrected chi connectivity index (χ2v) is 8.16. The van der Waals surface area contributed by atoms with Crippen LogP contribution in [-0.2, 0) is 0 Å². The van der Waals surface area contributed by atoms with Gasteiger partial charge in [-0.3, -0.25) is 4.99 Å². The van der Waals surface area contributed by atoms with Crippen LogP contribution in [0.4, 0.5) is 0 Å². The molecule has 0 saturated heterocycles. The number of aliphatic imine (C=N–C) groups is 1. The van der Waals surface area contributed by atoms with Crippen molar-refractivity contribution in [2.45, 2.75) is 18.4 Å². The summed E-state index contributed by atoms with van der Waals surface area (Å²) in [5.74, 6) is 2.05. The molecular weight excluding hydrogens is 481 g/mol. The minimum absolute atomic E-state index is 0. The normalized spacial score (nSPS) is 19.7. The third kappa shape index (κ3) is 5.04. The standard InChI is InChI=1S/C22H25N3OS.HI/c1-23-22(24-13-17-11-18(17)15-7-3-2-4-8-15)25-14-19(26)21-12-16-9-5-6-10-20(16)27-21;/h2-10,12,17-19,26H,11,13-14H2,1H3,(H2,23,24,25);1H. The van der Waals surface area contributed by atoms with Crippen molar-refractivity contribution >= 4 is 51.4 Å². The Hall–Kier alpha value is -1.64. The highest BCUT2D eigenvalue weighted by Gasteiger charge is 2.37. The summed E-state index contributed by atoms with van der Waals surface area (Å²) in [7, 11) is 1.77. The largest absolute Gasteiger partial charge is 0.386 e. The Balaban J connectivity index is 0.00000225. The average Bonchev–Trinajstić information content (AvgIpc) is 3.36. The first kappa shape index (κ1) is 21.1. The molecule has 2 aromatic carbocycles. The van der Waals surface area contributed by atoms with Crippen molar-refractivity contribution in [1.82, 2.24) is 10.6 Å². The predicted molar refractivity (Wildman–Crippen MR) is 129 cm³/mol. The van der Waals surface area contributed by atoms with Crippen LogP contribution in [0.25, 0.3) is 10.1 Å². The Morgan fingerprint density at radius 2 is 1.89 bits per heavy atom. The molecule has 4 nitrogen and oxygen atoms in total. The number of nitrogens with one attached hydrogen (secondary N) is 2. The molecule has 0 amide bonds. The predicted octanol–water partition coefficient (Wildman–Crippen LogP) is 4.52. The lowest BCUT2D eigenvalue weighted by Gasteiger charge is -2.14. The molecule has 0 bridgehead atoms. The molecule has 3 unspecified atom stereocenters. The maximum Gasteiger partial charge on any atom is 0.191 e.